The van der Waals surface area contributed by atoms with Gasteiger partial charge >= 0.3 is 0 Å². The average Bonchev–Trinajstić information content (AvgIpc) is 1.11. The second-order valence-electron chi connectivity index (χ2n) is 30.8. The van der Waals surface area contributed by atoms with Crippen LogP contribution in [-0.4, -0.2) is 220 Å². The van der Waals surface area contributed by atoms with Crippen molar-refractivity contribution < 1.29 is 38.5 Å². The van der Waals surface area contributed by atoms with Gasteiger partial charge in [-0.1, -0.05) is 153 Å². The molecule has 3 fully saturated rings. The molecule has 39 heteroatoms. The van der Waals surface area contributed by atoms with Crippen molar-refractivity contribution in [3.8, 4) is 90.1 Å². The van der Waals surface area contributed by atoms with Gasteiger partial charge in [-0.25, -0.2) is 54.2 Å². The number of rotatable bonds is 28. The summed E-state index contributed by atoms with van der Waals surface area (Å²) in [5.41, 5.74) is 11.9. The molecule has 12 aromatic rings. The van der Waals surface area contributed by atoms with Gasteiger partial charge in [0.15, 0.2) is 0 Å². The Kier molecular flexibility index (Phi) is 28.8. The molecule has 14 N–H and O–H groups in total. The van der Waals surface area contributed by atoms with Crippen molar-refractivity contribution in [1.29, 1.82) is 0 Å². The number of tetrazole rings is 4. The Morgan fingerprint density at radius 3 is 1.06 bits per heavy atom. The summed E-state index contributed by atoms with van der Waals surface area (Å²) in [6.07, 6.45) is 9.90. The fourth-order valence-corrected chi connectivity index (χ4v) is 18.5. The molecule has 35 nitrogen and oxygen atoms in total. The molecule has 1 saturated carbocycles. The number of H-pyrrole nitrogens is 4. The number of likely N-dealkylation sites (N-methyl/N-ethyl adjacent to an activating group) is 1. The summed E-state index contributed by atoms with van der Waals surface area (Å²) in [7, 11) is -5.46. The fraction of sp³-hybridized carbons (Fsp3) is 0.346. The Bertz CT molecular complexity index is 5890. The van der Waals surface area contributed by atoms with Crippen molar-refractivity contribution in [1.82, 2.24) is 113 Å². The first-order valence-corrected chi connectivity index (χ1v) is 45.1. The van der Waals surface area contributed by atoms with Crippen LogP contribution < -0.4 is 31.2 Å². The van der Waals surface area contributed by atoms with E-state index >= 15 is 0 Å². The first-order valence-electron chi connectivity index (χ1n) is 38.9. The summed E-state index contributed by atoms with van der Waals surface area (Å²) in [5.74, 6) is 1.60. The summed E-state index contributed by atoms with van der Waals surface area (Å²) in [6, 6.07) is 53.8. The zero-order valence-electron chi connectivity index (χ0n) is 67.8. The number of aromatic nitrogens is 16. The first-order chi connectivity index (χ1) is 57.2. The number of nitrogens with one attached hydrogen (secondary N) is 6. The van der Waals surface area contributed by atoms with Crippen molar-refractivity contribution >= 4 is 45.9 Å². The third kappa shape index (κ3) is 22.6. The summed E-state index contributed by atoms with van der Waals surface area (Å²) >= 11 is 0. The minimum absolute atomic E-state index is 0.0287. The van der Waals surface area contributed by atoms with Crippen LogP contribution in [0, 0.1) is 5.92 Å². The van der Waals surface area contributed by atoms with E-state index in [1.807, 2.05) is 122 Å². The van der Waals surface area contributed by atoms with Gasteiger partial charge < -0.3 is 25.3 Å². The lowest BCUT2D eigenvalue weighted by Gasteiger charge is -2.36. The molecule has 6 heterocycles. The Morgan fingerprint density at radius 1 is 0.442 bits per heavy atom. The molecule has 0 amide bonds. The molecule has 2 saturated heterocycles. The van der Waals surface area contributed by atoms with E-state index in [9.17, 15) is 38.5 Å². The van der Waals surface area contributed by atoms with Gasteiger partial charge in [0, 0.05) is 50.3 Å². The van der Waals surface area contributed by atoms with Crippen LogP contribution >= 0.6 is 0 Å². The normalized spacial score (nSPS) is 17.1. The van der Waals surface area contributed by atoms with Gasteiger partial charge in [-0.05, 0) is 231 Å². The molecule has 4 aromatic heterocycles. The molecular weight excluding hydrogens is 1610 g/mol. The molecule has 5 atom stereocenters. The van der Waals surface area contributed by atoms with Gasteiger partial charge in [-0.2, -0.15) is 20.9 Å². The lowest BCUT2D eigenvalue weighted by molar-refractivity contribution is -0.121. The topological polar surface area (TPSA) is 513 Å². The monoisotopic (exact) mass is 1710 g/mol. The van der Waals surface area contributed by atoms with E-state index in [-0.39, 0.29) is 54.7 Å². The number of hydrogen-bond acceptors (Lipinski definition) is 27. The van der Waals surface area contributed by atoms with Gasteiger partial charge in [0.25, 0.3) is 0 Å². The van der Waals surface area contributed by atoms with Crippen molar-refractivity contribution in [2.24, 2.45) is 26.5 Å². The second-order valence-corrected chi connectivity index (χ2v) is 36.9. The second kappa shape index (κ2) is 39.1. The van der Waals surface area contributed by atoms with Gasteiger partial charge in [-0.15, -0.1) is 40.8 Å². The molecule has 3 aliphatic rings. The Hall–Kier alpha value is -10.9. The SMILES string of the molecule is CC(=O)C(C)N(C)Cc1ccc(-c2cccc(S(N)(=O)=O)c2-c2nn[nH]n2)cc1.CN(C)CCCN(C)Cc1ccc(-c2cccc(S(N)(=O)=O)c2-c2nn[nH]n2)cc1.CN1C2CCC1CC(NCc1ccc(-c3cccc(S(N)(=O)=O)c3-c3nn[nH]n3)cc1)C2.C[C@H]1CC[C@@H](NCc2ccc(-c3cccc(S(N)(=O)=O)c3-c3nn[nH]n3)cc2)C1. The molecular formula is C81H100N26O9S4. The number of benzene rings is 8. The van der Waals surface area contributed by atoms with Crippen LogP contribution in [0.2, 0.25) is 0 Å². The number of piperidine rings is 1. The largest absolute Gasteiger partial charge is 0.310 e. The van der Waals surface area contributed by atoms with Crippen LogP contribution in [0.5, 0.6) is 0 Å². The quantitative estimate of drug-likeness (QED) is 0.0227. The highest BCUT2D eigenvalue weighted by atomic mass is 32.2. The predicted octanol–water partition coefficient (Wildman–Crippen LogP) is 7.51. The summed E-state index contributed by atoms with van der Waals surface area (Å²) in [6.45, 7) is 10.9. The number of ketones is 1. The van der Waals surface area contributed by atoms with Crippen LogP contribution in [0.15, 0.2) is 189 Å². The van der Waals surface area contributed by atoms with Crippen molar-refractivity contribution in [2.75, 3.05) is 48.3 Å². The summed E-state index contributed by atoms with van der Waals surface area (Å²) in [5, 5.41) is 84.4. The lowest BCUT2D eigenvalue weighted by Crippen LogP contribution is -2.46. The molecule has 3 unspecified atom stereocenters. The number of carbonyl (C=O) groups excluding carboxylic acids is 1. The summed E-state index contributed by atoms with van der Waals surface area (Å²) in [4.78, 5) is 20.4. The van der Waals surface area contributed by atoms with E-state index in [1.54, 1.807) is 37.3 Å². The molecule has 8 aromatic carbocycles. The highest BCUT2D eigenvalue weighted by Gasteiger charge is 2.38. The van der Waals surface area contributed by atoms with Crippen molar-refractivity contribution in [2.45, 2.75) is 148 Å². The number of hydrogen-bond donors (Lipinski definition) is 10. The maximum Gasteiger partial charge on any atom is 0.238 e. The molecule has 632 valence electrons. The van der Waals surface area contributed by atoms with E-state index in [4.69, 9.17) is 20.6 Å². The smallest absolute Gasteiger partial charge is 0.238 e. The fourth-order valence-electron chi connectivity index (χ4n) is 15.5. The highest BCUT2D eigenvalue weighted by Crippen LogP contribution is 2.41. The number of aromatic amines is 4. The molecule has 1 aliphatic carbocycles. The number of nitrogens with two attached hydrogens (primary N) is 4. The first kappa shape index (κ1) is 88.4. The van der Waals surface area contributed by atoms with Crippen LogP contribution in [0.3, 0.4) is 0 Å². The lowest BCUT2D eigenvalue weighted by atomic mass is 9.97. The van der Waals surface area contributed by atoms with E-state index in [0.717, 1.165) is 72.9 Å². The molecule has 120 heavy (non-hydrogen) atoms. The van der Waals surface area contributed by atoms with Crippen molar-refractivity contribution in [3.05, 3.63) is 192 Å². The number of Topliss-reactive ketones (excluding diaryl/α,β-unsaturated/α-hetero) is 1. The van der Waals surface area contributed by atoms with E-state index in [1.165, 1.54) is 85.9 Å². The van der Waals surface area contributed by atoms with Gasteiger partial charge in [0.2, 0.25) is 63.4 Å². The minimum atomic E-state index is -3.99. The molecule has 2 bridgehead atoms. The molecule has 15 rings (SSSR count). The number of carbonyl (C=O) groups is 1. The van der Waals surface area contributed by atoms with Gasteiger partial charge in [0.05, 0.1) is 47.9 Å². The molecule has 0 radical (unpaired) electrons. The van der Waals surface area contributed by atoms with Crippen LogP contribution in [-0.2, 0) is 71.1 Å². The third-order valence-electron chi connectivity index (χ3n) is 21.9. The van der Waals surface area contributed by atoms with Gasteiger partial charge in [-0.3, -0.25) is 9.69 Å². The summed E-state index contributed by atoms with van der Waals surface area (Å²) < 4.78 is 97.0. The number of nitrogens with zero attached hydrogens (tertiary/aromatic N) is 16. The average molecular weight is 1710 g/mol. The highest BCUT2D eigenvalue weighted by molar-refractivity contribution is 7.90. The molecule has 2 aliphatic heterocycles. The zero-order chi connectivity index (χ0) is 85.6. The Balaban J connectivity index is 0.000000147. The number of sulfonamides is 4. The number of fused-ring (bicyclic) bond motifs is 2. The van der Waals surface area contributed by atoms with E-state index in [0.29, 0.717) is 75.2 Å². The maximum atomic E-state index is 12.2. The van der Waals surface area contributed by atoms with Crippen LogP contribution in [0.25, 0.3) is 90.1 Å². The standard InChI is InChI=1S/C22H27N7O2S.C20H27N7O2S.C20H24N6O2S.C19H22N6O3S/c1-29-17-9-10-18(29)12-16(11-17)24-13-14-5-7-15(8-6-14)19-3-2-4-20(32(23,30)31)21(19)22-25-27-28-26-22;1-26(2)12-5-13-27(3)14-15-8-10-16(11-9-15)17-6-4-7-18(30(21,28)29)19(17)20-22-24-25-23-20;1-13-5-10-16(11-13)22-12-14-6-8-15(9-7-14)17-3-2-4-18(29(21,27)28)19(17)20-23-25-26-24-20;1-12(13(2)26)25(3)11-14-7-9-15(10-8-14)16-5-4-6-17(29(20,27)28)18(16)19-21-23-24-22-19/h2-8,16-18,24H,9-13H2,1H3,(H2,23,30,31)(H,25,26,27,28);4,6-11H,5,12-14H2,1-3H3,(H2,21,28,29)(H,22,23,24,25);2-4,6-9,13,16,22H,5,10-12H2,1H3,(H2,21,27,28)(H,23,24,25,26);4-10,12H,11H2,1-3H3,(H2,20,27,28)(H,21,22,23,24)/t;;13-,16+;/m..0./s1. The zero-order valence-corrected chi connectivity index (χ0v) is 71.1. The predicted molar refractivity (Wildman–Crippen MR) is 455 cm³/mol. The molecule has 0 spiro atoms. The van der Waals surface area contributed by atoms with E-state index in [2.05, 4.69) is 155 Å². The van der Waals surface area contributed by atoms with E-state index < -0.39 is 40.1 Å². The van der Waals surface area contributed by atoms with Crippen LogP contribution in [0.4, 0.5) is 0 Å². The maximum absolute atomic E-state index is 12.2. The number of primary sulfonamides is 4. The van der Waals surface area contributed by atoms with Crippen molar-refractivity contribution in [3.63, 3.8) is 0 Å². The Morgan fingerprint density at radius 2 is 0.767 bits per heavy atom. The van der Waals surface area contributed by atoms with Crippen LogP contribution in [0.1, 0.15) is 94.4 Å². The van der Waals surface area contributed by atoms with Gasteiger partial charge in [0.1, 0.15) is 5.78 Å². The third-order valence-corrected chi connectivity index (χ3v) is 25.7. The Labute approximate surface area is 697 Å². The minimum Gasteiger partial charge on any atom is -0.310 e.